The van der Waals surface area contributed by atoms with Crippen molar-refractivity contribution in [3.63, 3.8) is 0 Å². The summed E-state index contributed by atoms with van der Waals surface area (Å²) in [6, 6.07) is 12.7. The predicted molar refractivity (Wildman–Crippen MR) is 129 cm³/mol. The quantitative estimate of drug-likeness (QED) is 0.505. The lowest BCUT2D eigenvalue weighted by Gasteiger charge is -2.48. The Morgan fingerprint density at radius 2 is 1.78 bits per heavy atom. The van der Waals surface area contributed by atoms with Crippen molar-refractivity contribution in [2.75, 3.05) is 36.4 Å². The normalized spacial score (nSPS) is 17.9. The van der Waals surface area contributed by atoms with Crippen molar-refractivity contribution in [3.05, 3.63) is 54.5 Å². The monoisotopic (exact) mass is 427 g/mol. The number of nitrogens with zero attached hydrogens (tertiary/aromatic N) is 5. The summed E-state index contributed by atoms with van der Waals surface area (Å²) in [7, 11) is 0. The van der Waals surface area contributed by atoms with E-state index in [9.17, 15) is 0 Å². The Balaban J connectivity index is 1.23. The molecule has 164 valence electrons. The van der Waals surface area contributed by atoms with E-state index in [2.05, 4.69) is 74.1 Å². The molecule has 6 rings (SSSR count). The third-order valence-electron chi connectivity index (χ3n) is 7.15. The molecule has 6 heterocycles. The summed E-state index contributed by atoms with van der Waals surface area (Å²) in [5, 5.41) is 7.74. The molecule has 4 aromatic rings. The van der Waals surface area contributed by atoms with Crippen LogP contribution in [0.2, 0.25) is 0 Å². The molecule has 0 aromatic carbocycles. The fourth-order valence-electron chi connectivity index (χ4n) is 5.04. The van der Waals surface area contributed by atoms with E-state index in [-0.39, 0.29) is 0 Å². The molecular weight excluding hydrogens is 398 g/mol. The van der Waals surface area contributed by atoms with Crippen LogP contribution in [0, 0.1) is 5.41 Å². The van der Waals surface area contributed by atoms with Crippen molar-refractivity contribution < 1.29 is 0 Å². The Kier molecular flexibility index (Phi) is 4.54. The number of hydrogen-bond acceptors (Lipinski definition) is 6. The molecule has 2 aliphatic rings. The van der Waals surface area contributed by atoms with Crippen LogP contribution in [0.25, 0.3) is 16.6 Å². The van der Waals surface area contributed by atoms with E-state index < -0.39 is 0 Å². The van der Waals surface area contributed by atoms with Crippen LogP contribution in [-0.2, 0) is 0 Å². The maximum Gasteiger partial charge on any atom is 0.230 e. The van der Waals surface area contributed by atoms with Gasteiger partial charge in [-0.2, -0.15) is 4.98 Å². The smallest absolute Gasteiger partial charge is 0.230 e. The van der Waals surface area contributed by atoms with Gasteiger partial charge in [0.05, 0.1) is 11.9 Å². The van der Waals surface area contributed by atoms with Crippen LogP contribution in [0.1, 0.15) is 38.3 Å². The largest absolute Gasteiger partial charge is 0.370 e. The van der Waals surface area contributed by atoms with E-state index in [1.807, 2.05) is 18.5 Å². The molecule has 2 fully saturated rings. The lowest BCUT2D eigenvalue weighted by Crippen LogP contribution is -2.58. The number of hydrogen-bond donors (Lipinski definition) is 2. The zero-order chi connectivity index (χ0) is 21.7. The highest BCUT2D eigenvalue weighted by Gasteiger charge is 2.39. The summed E-state index contributed by atoms with van der Waals surface area (Å²) in [5.74, 6) is 1.73. The molecule has 2 aliphatic heterocycles. The zero-order valence-electron chi connectivity index (χ0n) is 18.7. The molecule has 32 heavy (non-hydrogen) atoms. The molecule has 4 aromatic heterocycles. The Morgan fingerprint density at radius 3 is 2.47 bits per heavy atom. The molecule has 2 saturated heterocycles. The van der Waals surface area contributed by atoms with Crippen molar-refractivity contribution >= 4 is 34.0 Å². The molecule has 0 saturated carbocycles. The molecule has 0 bridgehead atoms. The van der Waals surface area contributed by atoms with E-state index >= 15 is 0 Å². The standard InChI is InChI=1S/C25H29N7/c1-17(2)21-7-5-19-4-3-18-13-28-24(30-23(18)32(19)21)29-22-8-6-20(14-27-22)31-11-9-25(10-12-31)15-26-16-25/h3-8,13-14,17,26H,9-12,15-16H2,1-2H3,(H,27,28,29,30). The summed E-state index contributed by atoms with van der Waals surface area (Å²) in [4.78, 5) is 16.5. The molecule has 1 spiro atoms. The van der Waals surface area contributed by atoms with Crippen molar-refractivity contribution in [2.24, 2.45) is 5.41 Å². The van der Waals surface area contributed by atoms with Gasteiger partial charge in [0, 0.05) is 49.0 Å². The minimum Gasteiger partial charge on any atom is -0.370 e. The van der Waals surface area contributed by atoms with Gasteiger partial charge in [0.2, 0.25) is 5.95 Å². The molecule has 0 aliphatic carbocycles. The van der Waals surface area contributed by atoms with Gasteiger partial charge in [0.15, 0.2) is 0 Å². The average molecular weight is 428 g/mol. The number of pyridine rings is 2. The van der Waals surface area contributed by atoms with Gasteiger partial charge >= 0.3 is 0 Å². The Hall–Kier alpha value is -3.19. The molecule has 0 radical (unpaired) electrons. The van der Waals surface area contributed by atoms with Crippen LogP contribution in [-0.4, -0.2) is 45.5 Å². The number of anilines is 3. The second kappa shape index (κ2) is 7.45. The lowest BCUT2D eigenvalue weighted by molar-refractivity contribution is 0.126. The summed E-state index contributed by atoms with van der Waals surface area (Å²) in [5.41, 5.74) is 5.05. The van der Waals surface area contributed by atoms with E-state index in [4.69, 9.17) is 4.98 Å². The van der Waals surface area contributed by atoms with Crippen molar-refractivity contribution in [3.8, 4) is 0 Å². The second-order valence-corrected chi connectivity index (χ2v) is 9.60. The number of nitrogens with one attached hydrogen (secondary N) is 2. The molecular formula is C25H29N7. The fraction of sp³-hybridized carbons (Fsp3) is 0.400. The van der Waals surface area contributed by atoms with E-state index in [0.29, 0.717) is 17.3 Å². The van der Waals surface area contributed by atoms with Gasteiger partial charge in [-0.05, 0) is 60.6 Å². The summed E-state index contributed by atoms with van der Waals surface area (Å²) in [6.45, 7) is 8.99. The first kappa shape index (κ1) is 19.5. The first-order chi connectivity index (χ1) is 15.6. The highest BCUT2D eigenvalue weighted by molar-refractivity contribution is 5.80. The molecule has 0 amide bonds. The maximum atomic E-state index is 4.84. The van der Waals surface area contributed by atoms with Gasteiger partial charge in [-0.15, -0.1) is 0 Å². The van der Waals surface area contributed by atoms with E-state index in [1.54, 1.807) is 0 Å². The fourth-order valence-corrected chi connectivity index (χ4v) is 5.04. The van der Waals surface area contributed by atoms with Crippen LogP contribution in [0.3, 0.4) is 0 Å². The van der Waals surface area contributed by atoms with Crippen LogP contribution in [0.15, 0.2) is 48.8 Å². The SMILES string of the molecule is CC(C)c1ccc2ccc3cnc(Nc4ccc(N5CCC6(CC5)CNC6)cn4)nc3n12. The van der Waals surface area contributed by atoms with E-state index in [0.717, 1.165) is 35.5 Å². The Morgan fingerprint density at radius 1 is 0.969 bits per heavy atom. The number of piperidine rings is 1. The van der Waals surface area contributed by atoms with Gasteiger partial charge in [-0.25, -0.2) is 9.97 Å². The van der Waals surface area contributed by atoms with Crippen LogP contribution >= 0.6 is 0 Å². The molecule has 0 atom stereocenters. The highest BCUT2D eigenvalue weighted by atomic mass is 15.2. The van der Waals surface area contributed by atoms with Crippen molar-refractivity contribution in [1.82, 2.24) is 24.7 Å². The van der Waals surface area contributed by atoms with Crippen LogP contribution in [0.5, 0.6) is 0 Å². The van der Waals surface area contributed by atoms with Gasteiger partial charge < -0.3 is 15.5 Å². The Labute approximate surface area is 187 Å². The molecule has 2 N–H and O–H groups in total. The first-order valence-electron chi connectivity index (χ1n) is 11.6. The number of fused-ring (bicyclic) bond motifs is 3. The second-order valence-electron chi connectivity index (χ2n) is 9.60. The van der Waals surface area contributed by atoms with Crippen LogP contribution < -0.4 is 15.5 Å². The van der Waals surface area contributed by atoms with Crippen molar-refractivity contribution in [2.45, 2.75) is 32.6 Å². The van der Waals surface area contributed by atoms with Gasteiger partial charge in [0.1, 0.15) is 11.5 Å². The van der Waals surface area contributed by atoms with Crippen LogP contribution in [0.4, 0.5) is 17.5 Å². The Bertz CT molecular complexity index is 1260. The third-order valence-corrected chi connectivity index (χ3v) is 7.15. The van der Waals surface area contributed by atoms with E-state index in [1.165, 1.54) is 37.3 Å². The predicted octanol–water partition coefficient (Wildman–Crippen LogP) is 4.33. The zero-order valence-corrected chi connectivity index (χ0v) is 18.7. The van der Waals surface area contributed by atoms with Gasteiger partial charge in [-0.1, -0.05) is 13.8 Å². The summed E-state index contributed by atoms with van der Waals surface area (Å²) >= 11 is 0. The third kappa shape index (κ3) is 3.28. The topological polar surface area (TPSA) is 70.4 Å². The molecule has 7 heteroatoms. The molecule has 7 nitrogen and oxygen atoms in total. The molecule has 0 unspecified atom stereocenters. The van der Waals surface area contributed by atoms with Gasteiger partial charge in [0.25, 0.3) is 0 Å². The first-order valence-corrected chi connectivity index (χ1v) is 11.6. The number of aromatic nitrogens is 4. The minimum atomic E-state index is 0.411. The lowest BCUT2D eigenvalue weighted by atomic mass is 9.73. The highest BCUT2D eigenvalue weighted by Crippen LogP contribution is 2.36. The average Bonchev–Trinajstić information content (AvgIpc) is 3.24. The number of rotatable bonds is 4. The maximum absolute atomic E-state index is 4.84. The summed E-state index contributed by atoms with van der Waals surface area (Å²) < 4.78 is 2.23. The minimum absolute atomic E-state index is 0.411. The summed E-state index contributed by atoms with van der Waals surface area (Å²) in [6.07, 6.45) is 6.36. The van der Waals surface area contributed by atoms with Crippen molar-refractivity contribution in [1.29, 1.82) is 0 Å². The van der Waals surface area contributed by atoms with Gasteiger partial charge in [-0.3, -0.25) is 4.40 Å².